The zero-order valence-corrected chi connectivity index (χ0v) is 18.2. The maximum atomic E-state index is 13.1. The quantitative estimate of drug-likeness (QED) is 0.543. The fraction of sp³-hybridized carbons (Fsp3) is 0.455. The van der Waals surface area contributed by atoms with Crippen LogP contribution in [-0.2, 0) is 10.9 Å². The highest BCUT2D eigenvalue weighted by molar-refractivity contribution is 5.94. The molecule has 1 aliphatic rings. The van der Waals surface area contributed by atoms with E-state index in [9.17, 15) is 18.0 Å². The lowest BCUT2D eigenvalue weighted by Gasteiger charge is -2.33. The van der Waals surface area contributed by atoms with Crippen molar-refractivity contribution in [3.8, 4) is 0 Å². The fourth-order valence-electron chi connectivity index (χ4n) is 3.99. The van der Waals surface area contributed by atoms with E-state index in [0.29, 0.717) is 43.5 Å². The SMILES string of the molecule is COCCCNC(=O)c1ccc(C2CCN(c3ccc4nnc(C(F)(F)F)n4n3)CC2)cc1. The zero-order chi connectivity index (χ0) is 23.4. The summed E-state index contributed by atoms with van der Waals surface area (Å²) in [5, 5.41) is 13.8. The van der Waals surface area contributed by atoms with Gasteiger partial charge in [-0.3, -0.25) is 4.79 Å². The van der Waals surface area contributed by atoms with Gasteiger partial charge < -0.3 is 15.0 Å². The minimum Gasteiger partial charge on any atom is -0.385 e. The van der Waals surface area contributed by atoms with Crippen LogP contribution in [0.4, 0.5) is 19.0 Å². The Balaban J connectivity index is 1.36. The van der Waals surface area contributed by atoms with E-state index in [-0.39, 0.29) is 11.6 Å². The number of carbonyl (C=O) groups is 1. The molecule has 3 aromatic rings. The summed E-state index contributed by atoms with van der Waals surface area (Å²) in [5.41, 5.74) is 1.82. The number of ether oxygens (including phenoxy) is 1. The van der Waals surface area contributed by atoms with Gasteiger partial charge in [-0.05, 0) is 55.0 Å². The molecular weight excluding hydrogens is 437 g/mol. The molecule has 1 amide bonds. The second-order valence-corrected chi connectivity index (χ2v) is 7.97. The third kappa shape index (κ3) is 5.24. The van der Waals surface area contributed by atoms with Gasteiger partial charge in [-0.1, -0.05) is 12.1 Å². The number of aromatic nitrogens is 4. The number of hydrogen-bond donors (Lipinski definition) is 1. The molecule has 0 radical (unpaired) electrons. The predicted octanol–water partition coefficient (Wildman–Crippen LogP) is 3.29. The number of carbonyl (C=O) groups excluding carboxylic acids is 1. The Labute approximate surface area is 188 Å². The number of methoxy groups -OCH3 is 1. The normalized spacial score (nSPS) is 15.2. The second kappa shape index (κ2) is 9.74. The summed E-state index contributed by atoms with van der Waals surface area (Å²) in [5.74, 6) is -0.464. The molecule has 0 spiro atoms. The van der Waals surface area contributed by atoms with Crippen molar-refractivity contribution in [3.05, 3.63) is 53.3 Å². The first-order chi connectivity index (χ1) is 15.9. The van der Waals surface area contributed by atoms with Crippen molar-refractivity contribution in [3.63, 3.8) is 0 Å². The van der Waals surface area contributed by atoms with Crippen LogP contribution in [0.15, 0.2) is 36.4 Å². The predicted molar refractivity (Wildman–Crippen MR) is 115 cm³/mol. The minimum atomic E-state index is -4.62. The van der Waals surface area contributed by atoms with Crippen LogP contribution in [0, 0.1) is 0 Å². The largest absolute Gasteiger partial charge is 0.453 e. The van der Waals surface area contributed by atoms with Gasteiger partial charge >= 0.3 is 6.18 Å². The highest BCUT2D eigenvalue weighted by atomic mass is 19.4. The number of nitrogens with zero attached hydrogens (tertiary/aromatic N) is 5. The number of rotatable bonds is 7. The standard InChI is InChI=1S/C22H25F3N6O2/c1-33-14-2-11-26-20(32)17-5-3-15(4-6-17)16-9-12-30(13-10-16)19-8-7-18-27-28-21(22(23,24)25)31(18)29-19/h3-8,16H,2,9-14H2,1H3,(H,26,32). The van der Waals surface area contributed by atoms with Crippen molar-refractivity contribution in [1.29, 1.82) is 0 Å². The number of fused-ring (bicyclic) bond motifs is 1. The number of benzene rings is 1. The summed E-state index contributed by atoms with van der Waals surface area (Å²) >= 11 is 0. The topological polar surface area (TPSA) is 84.6 Å². The van der Waals surface area contributed by atoms with Gasteiger partial charge in [-0.25, -0.2) is 0 Å². The molecule has 11 heteroatoms. The summed E-state index contributed by atoms with van der Waals surface area (Å²) in [6, 6.07) is 10.8. The van der Waals surface area contributed by atoms with Crippen molar-refractivity contribution < 1.29 is 22.7 Å². The average Bonchev–Trinajstić information content (AvgIpc) is 3.26. The molecule has 1 saturated heterocycles. The van der Waals surface area contributed by atoms with Crippen molar-refractivity contribution in [1.82, 2.24) is 25.1 Å². The number of halogens is 3. The van der Waals surface area contributed by atoms with Crippen LogP contribution in [0.1, 0.15) is 46.9 Å². The second-order valence-electron chi connectivity index (χ2n) is 7.97. The fourth-order valence-corrected chi connectivity index (χ4v) is 3.99. The van der Waals surface area contributed by atoms with Crippen molar-refractivity contribution in [2.75, 3.05) is 38.3 Å². The molecule has 0 bridgehead atoms. The molecule has 1 fully saturated rings. The van der Waals surface area contributed by atoms with Crippen LogP contribution in [0.5, 0.6) is 0 Å². The smallest absolute Gasteiger partial charge is 0.385 e. The maximum Gasteiger partial charge on any atom is 0.453 e. The summed E-state index contributed by atoms with van der Waals surface area (Å²) in [6.07, 6.45) is -2.20. The summed E-state index contributed by atoms with van der Waals surface area (Å²) in [6.45, 7) is 2.49. The Morgan fingerprint density at radius 2 is 1.85 bits per heavy atom. The van der Waals surface area contributed by atoms with Gasteiger partial charge in [0.05, 0.1) is 0 Å². The molecule has 0 unspecified atom stereocenters. The Kier molecular flexibility index (Phi) is 6.77. The van der Waals surface area contributed by atoms with Gasteiger partial charge in [0, 0.05) is 38.9 Å². The molecule has 1 N–H and O–H groups in total. The van der Waals surface area contributed by atoms with E-state index in [1.165, 1.54) is 6.07 Å². The van der Waals surface area contributed by atoms with Crippen LogP contribution in [0.3, 0.4) is 0 Å². The molecule has 4 rings (SSSR count). The van der Waals surface area contributed by atoms with Gasteiger partial charge in [0.2, 0.25) is 0 Å². The Morgan fingerprint density at radius 3 is 2.52 bits per heavy atom. The van der Waals surface area contributed by atoms with E-state index in [1.54, 1.807) is 13.2 Å². The number of nitrogens with one attached hydrogen (secondary N) is 1. The summed E-state index contributed by atoms with van der Waals surface area (Å²) < 4.78 is 45.1. The summed E-state index contributed by atoms with van der Waals surface area (Å²) in [4.78, 5) is 14.2. The van der Waals surface area contributed by atoms with Crippen LogP contribution in [0.25, 0.3) is 5.65 Å². The molecule has 1 aromatic carbocycles. The van der Waals surface area contributed by atoms with E-state index in [0.717, 1.165) is 29.3 Å². The molecule has 3 heterocycles. The van der Waals surface area contributed by atoms with E-state index < -0.39 is 12.0 Å². The van der Waals surface area contributed by atoms with Crippen molar-refractivity contribution in [2.45, 2.75) is 31.4 Å². The number of hydrogen-bond acceptors (Lipinski definition) is 6. The van der Waals surface area contributed by atoms with E-state index in [1.807, 2.05) is 29.2 Å². The molecule has 33 heavy (non-hydrogen) atoms. The molecule has 1 aliphatic heterocycles. The average molecular weight is 462 g/mol. The Bertz CT molecular complexity index is 1090. The Morgan fingerprint density at radius 1 is 1.12 bits per heavy atom. The van der Waals surface area contributed by atoms with Gasteiger partial charge in [-0.2, -0.15) is 17.7 Å². The minimum absolute atomic E-state index is 0.0591. The number of anilines is 1. The number of amides is 1. The molecule has 2 aromatic heterocycles. The van der Waals surface area contributed by atoms with Crippen molar-refractivity contribution in [2.24, 2.45) is 0 Å². The van der Waals surface area contributed by atoms with Gasteiger partial charge in [-0.15, -0.1) is 15.3 Å². The van der Waals surface area contributed by atoms with Crippen LogP contribution < -0.4 is 10.2 Å². The van der Waals surface area contributed by atoms with E-state index >= 15 is 0 Å². The highest BCUT2D eigenvalue weighted by Crippen LogP contribution is 2.31. The van der Waals surface area contributed by atoms with Crippen LogP contribution >= 0.6 is 0 Å². The van der Waals surface area contributed by atoms with E-state index in [2.05, 4.69) is 20.6 Å². The van der Waals surface area contributed by atoms with Crippen LogP contribution in [-0.4, -0.2) is 59.1 Å². The van der Waals surface area contributed by atoms with Crippen LogP contribution in [0.2, 0.25) is 0 Å². The molecule has 0 saturated carbocycles. The third-order valence-electron chi connectivity index (χ3n) is 5.78. The number of alkyl halides is 3. The van der Waals surface area contributed by atoms with Gasteiger partial charge in [0.25, 0.3) is 11.7 Å². The molecular formula is C22H25F3N6O2. The first kappa shape index (κ1) is 23.0. The maximum absolute atomic E-state index is 13.1. The highest BCUT2D eigenvalue weighted by Gasteiger charge is 2.38. The third-order valence-corrected chi connectivity index (χ3v) is 5.78. The lowest BCUT2D eigenvalue weighted by molar-refractivity contribution is -0.146. The van der Waals surface area contributed by atoms with Gasteiger partial charge in [0.15, 0.2) is 5.65 Å². The molecule has 176 valence electrons. The first-order valence-electron chi connectivity index (χ1n) is 10.8. The van der Waals surface area contributed by atoms with E-state index in [4.69, 9.17) is 4.74 Å². The lowest BCUT2D eigenvalue weighted by atomic mass is 9.89. The first-order valence-corrected chi connectivity index (χ1v) is 10.8. The van der Waals surface area contributed by atoms with Gasteiger partial charge in [0.1, 0.15) is 5.82 Å². The van der Waals surface area contributed by atoms with Crippen molar-refractivity contribution >= 4 is 17.4 Å². The Hall–Kier alpha value is -3.21. The zero-order valence-electron chi connectivity index (χ0n) is 18.2. The monoisotopic (exact) mass is 462 g/mol. The molecule has 0 aliphatic carbocycles. The molecule has 8 nitrogen and oxygen atoms in total. The number of piperidine rings is 1. The molecule has 0 atom stereocenters. The summed E-state index contributed by atoms with van der Waals surface area (Å²) in [7, 11) is 1.63. The lowest BCUT2D eigenvalue weighted by Crippen LogP contribution is -2.34.